The number of ether oxygens (including phenoxy) is 1. The van der Waals surface area contributed by atoms with E-state index in [1.54, 1.807) is 0 Å². The first-order valence-corrected chi connectivity index (χ1v) is 6.52. The first-order chi connectivity index (χ1) is 6.85. The van der Waals surface area contributed by atoms with Gasteiger partial charge in [0, 0.05) is 0 Å². The predicted octanol–water partition coefficient (Wildman–Crippen LogP) is 4.06. The summed E-state index contributed by atoms with van der Waals surface area (Å²) in [6.45, 7) is 2.27. The van der Waals surface area contributed by atoms with Crippen molar-refractivity contribution in [3.05, 3.63) is 0 Å². The lowest BCUT2D eigenvalue weighted by molar-refractivity contribution is -0.0660. The molecule has 2 aliphatic rings. The minimum atomic E-state index is 0.344. The topological polar surface area (TPSA) is 9.23 Å². The normalized spacial score (nSPS) is 31.1. The maximum Gasteiger partial charge on any atom is 0.0687 e. The van der Waals surface area contributed by atoms with Crippen molar-refractivity contribution in [2.24, 2.45) is 0 Å². The van der Waals surface area contributed by atoms with E-state index in [4.69, 9.17) is 4.74 Å². The van der Waals surface area contributed by atoms with Gasteiger partial charge < -0.3 is 4.74 Å². The van der Waals surface area contributed by atoms with Crippen molar-refractivity contribution in [1.82, 2.24) is 0 Å². The number of rotatable bonds is 3. The highest BCUT2D eigenvalue weighted by atomic mass is 16.5. The summed E-state index contributed by atoms with van der Waals surface area (Å²) in [5.74, 6) is 0. The summed E-state index contributed by atoms with van der Waals surface area (Å²) in [4.78, 5) is 0. The molecule has 1 heterocycles. The van der Waals surface area contributed by atoms with Gasteiger partial charge in [-0.1, -0.05) is 39.0 Å². The molecule has 0 bridgehead atoms. The fourth-order valence-electron chi connectivity index (χ4n) is 3.09. The molecule has 1 atom stereocenters. The quantitative estimate of drug-likeness (QED) is 0.661. The minimum Gasteiger partial charge on any atom is -0.372 e. The van der Waals surface area contributed by atoms with Crippen LogP contribution in [-0.4, -0.2) is 11.7 Å². The molecule has 1 heteroatoms. The van der Waals surface area contributed by atoms with Gasteiger partial charge in [0.25, 0.3) is 0 Å². The molecule has 2 rings (SSSR count). The summed E-state index contributed by atoms with van der Waals surface area (Å²) in [5.41, 5.74) is 0.344. The van der Waals surface area contributed by atoms with E-state index < -0.39 is 0 Å². The number of unbranched alkanes of at least 4 members (excludes halogenated alkanes) is 1. The van der Waals surface area contributed by atoms with E-state index in [0.29, 0.717) is 11.7 Å². The highest BCUT2D eigenvalue weighted by Gasteiger charge is 2.40. The highest BCUT2D eigenvalue weighted by molar-refractivity contribution is 4.91. The van der Waals surface area contributed by atoms with Crippen LogP contribution in [0.2, 0.25) is 0 Å². The molecule has 1 unspecified atom stereocenters. The van der Waals surface area contributed by atoms with Gasteiger partial charge in [-0.05, 0) is 32.1 Å². The molecule has 1 nitrogen and oxygen atoms in total. The third kappa shape index (κ3) is 2.31. The van der Waals surface area contributed by atoms with E-state index in [2.05, 4.69) is 6.92 Å². The predicted molar refractivity (Wildman–Crippen MR) is 59.4 cm³/mol. The summed E-state index contributed by atoms with van der Waals surface area (Å²) in [7, 11) is 0. The van der Waals surface area contributed by atoms with Gasteiger partial charge in [0.05, 0.1) is 11.7 Å². The Morgan fingerprint density at radius 3 is 2.64 bits per heavy atom. The van der Waals surface area contributed by atoms with Crippen LogP contribution in [0.5, 0.6) is 0 Å². The van der Waals surface area contributed by atoms with Crippen LogP contribution in [-0.2, 0) is 4.74 Å². The van der Waals surface area contributed by atoms with Crippen LogP contribution >= 0.6 is 0 Å². The van der Waals surface area contributed by atoms with E-state index in [9.17, 15) is 0 Å². The molecule has 2 fully saturated rings. The van der Waals surface area contributed by atoms with Crippen LogP contribution in [0.4, 0.5) is 0 Å². The maximum atomic E-state index is 6.29. The molecule has 82 valence electrons. The largest absolute Gasteiger partial charge is 0.372 e. The van der Waals surface area contributed by atoms with Crippen molar-refractivity contribution in [2.75, 3.05) is 0 Å². The molecule has 0 aromatic heterocycles. The molecule has 0 radical (unpaired) electrons. The van der Waals surface area contributed by atoms with E-state index in [0.717, 1.165) is 0 Å². The Morgan fingerprint density at radius 2 is 1.93 bits per heavy atom. The summed E-state index contributed by atoms with van der Waals surface area (Å²) < 4.78 is 6.29. The smallest absolute Gasteiger partial charge is 0.0687 e. The molecular formula is C13H24O. The lowest BCUT2D eigenvalue weighted by Gasteiger charge is -2.33. The second kappa shape index (κ2) is 4.65. The first-order valence-electron chi connectivity index (χ1n) is 6.52. The fraction of sp³-hybridized carbons (Fsp3) is 1.00. The molecule has 1 saturated heterocycles. The Bertz CT molecular complexity index is 170. The van der Waals surface area contributed by atoms with Crippen molar-refractivity contribution in [3.63, 3.8) is 0 Å². The zero-order valence-electron chi connectivity index (χ0n) is 9.56. The molecule has 14 heavy (non-hydrogen) atoms. The van der Waals surface area contributed by atoms with Crippen molar-refractivity contribution < 1.29 is 4.74 Å². The van der Waals surface area contributed by atoms with Crippen LogP contribution < -0.4 is 0 Å². The summed E-state index contributed by atoms with van der Waals surface area (Å²) in [5, 5.41) is 0. The Balaban J connectivity index is 1.80. The van der Waals surface area contributed by atoms with Gasteiger partial charge in [-0.3, -0.25) is 0 Å². The molecule has 0 N–H and O–H groups in total. The zero-order valence-corrected chi connectivity index (χ0v) is 9.56. The average molecular weight is 196 g/mol. The van der Waals surface area contributed by atoms with Crippen LogP contribution in [0.25, 0.3) is 0 Å². The van der Waals surface area contributed by atoms with E-state index in [1.165, 1.54) is 64.2 Å². The van der Waals surface area contributed by atoms with Gasteiger partial charge in [-0.15, -0.1) is 0 Å². The van der Waals surface area contributed by atoms with Crippen molar-refractivity contribution >= 4 is 0 Å². The molecule has 0 amide bonds. The molecule has 1 aliphatic heterocycles. The monoisotopic (exact) mass is 196 g/mol. The summed E-state index contributed by atoms with van der Waals surface area (Å²) in [6, 6.07) is 0. The molecular weight excluding hydrogens is 172 g/mol. The van der Waals surface area contributed by atoms with E-state index >= 15 is 0 Å². The minimum absolute atomic E-state index is 0.344. The SMILES string of the molecule is CCCCC1CCC2(CCCCC2)O1. The summed E-state index contributed by atoms with van der Waals surface area (Å²) in [6.07, 6.45) is 14.2. The third-order valence-corrected chi connectivity index (χ3v) is 3.98. The van der Waals surface area contributed by atoms with Gasteiger partial charge >= 0.3 is 0 Å². The Hall–Kier alpha value is -0.0400. The molecule has 1 saturated carbocycles. The zero-order chi connectivity index (χ0) is 9.86. The molecule has 0 aromatic rings. The first kappa shape index (κ1) is 10.5. The van der Waals surface area contributed by atoms with Gasteiger partial charge in [0.1, 0.15) is 0 Å². The van der Waals surface area contributed by atoms with Crippen molar-refractivity contribution in [3.8, 4) is 0 Å². The van der Waals surface area contributed by atoms with Gasteiger partial charge in [-0.25, -0.2) is 0 Å². The number of hydrogen-bond donors (Lipinski definition) is 0. The maximum absolute atomic E-state index is 6.29. The second-order valence-corrected chi connectivity index (χ2v) is 5.16. The third-order valence-electron chi connectivity index (χ3n) is 3.98. The van der Waals surface area contributed by atoms with Gasteiger partial charge in [0.2, 0.25) is 0 Å². The molecule has 1 spiro atoms. The van der Waals surface area contributed by atoms with E-state index in [1.807, 2.05) is 0 Å². The lowest BCUT2D eigenvalue weighted by Crippen LogP contribution is -2.31. The van der Waals surface area contributed by atoms with Crippen molar-refractivity contribution in [2.45, 2.75) is 82.8 Å². The lowest BCUT2D eigenvalue weighted by atomic mass is 9.83. The van der Waals surface area contributed by atoms with Crippen molar-refractivity contribution in [1.29, 1.82) is 0 Å². The van der Waals surface area contributed by atoms with Crippen LogP contribution in [0.15, 0.2) is 0 Å². The van der Waals surface area contributed by atoms with Crippen LogP contribution in [0.1, 0.15) is 71.1 Å². The highest BCUT2D eigenvalue weighted by Crippen LogP contribution is 2.42. The molecule has 1 aliphatic carbocycles. The number of hydrogen-bond acceptors (Lipinski definition) is 1. The Labute approximate surface area is 88.2 Å². The second-order valence-electron chi connectivity index (χ2n) is 5.16. The van der Waals surface area contributed by atoms with Gasteiger partial charge in [0.15, 0.2) is 0 Å². The van der Waals surface area contributed by atoms with E-state index in [-0.39, 0.29) is 0 Å². The molecule has 0 aromatic carbocycles. The Morgan fingerprint density at radius 1 is 1.14 bits per heavy atom. The fourth-order valence-corrected chi connectivity index (χ4v) is 3.09. The van der Waals surface area contributed by atoms with Gasteiger partial charge in [-0.2, -0.15) is 0 Å². The average Bonchev–Trinajstić information content (AvgIpc) is 2.60. The Kier molecular flexibility index (Phi) is 3.48. The van der Waals surface area contributed by atoms with Crippen LogP contribution in [0.3, 0.4) is 0 Å². The van der Waals surface area contributed by atoms with Crippen LogP contribution in [0, 0.1) is 0 Å². The summed E-state index contributed by atoms with van der Waals surface area (Å²) >= 11 is 0. The standard InChI is InChI=1S/C13H24O/c1-2-3-7-12-8-11-13(14-12)9-5-4-6-10-13/h12H,2-11H2,1H3.